The first-order chi connectivity index (χ1) is 15.8. The summed E-state index contributed by atoms with van der Waals surface area (Å²) in [6.45, 7) is 0.254. The summed E-state index contributed by atoms with van der Waals surface area (Å²) >= 11 is 5.89. The van der Waals surface area contributed by atoms with E-state index >= 15 is 0 Å². The molecule has 0 spiro atoms. The van der Waals surface area contributed by atoms with Gasteiger partial charge in [0, 0.05) is 35.9 Å². The summed E-state index contributed by atoms with van der Waals surface area (Å²) in [6.07, 6.45) is 0. The zero-order chi connectivity index (χ0) is 23.4. The van der Waals surface area contributed by atoms with Crippen molar-refractivity contribution in [3.8, 4) is 11.3 Å². The molecule has 4 aromatic rings. The third kappa shape index (κ3) is 5.31. The van der Waals surface area contributed by atoms with Crippen LogP contribution in [0.1, 0.15) is 16.1 Å². The standard InChI is InChI=1S/C24H20ClN3O4S/c1-28(16-17-5-3-2-4-6-17)33(30,31)21-13-11-20(12-14-21)26-24(29)22-15-23(32-27-22)18-7-9-19(25)10-8-18/h2-15H,16H2,1H3,(H,26,29). The fourth-order valence-corrected chi connectivity index (χ4v) is 4.43. The molecule has 1 aromatic heterocycles. The summed E-state index contributed by atoms with van der Waals surface area (Å²) in [6, 6.07) is 23.8. The minimum Gasteiger partial charge on any atom is -0.355 e. The molecule has 3 aromatic carbocycles. The Hall–Kier alpha value is -3.46. The van der Waals surface area contributed by atoms with E-state index in [0.29, 0.717) is 16.5 Å². The molecule has 0 aliphatic heterocycles. The number of anilines is 1. The van der Waals surface area contributed by atoms with Gasteiger partial charge in [0.05, 0.1) is 4.90 Å². The van der Waals surface area contributed by atoms with Crippen molar-refractivity contribution < 1.29 is 17.7 Å². The molecule has 9 heteroatoms. The van der Waals surface area contributed by atoms with E-state index in [1.54, 1.807) is 24.3 Å². The van der Waals surface area contributed by atoms with Crippen molar-refractivity contribution in [1.29, 1.82) is 0 Å². The normalized spacial score (nSPS) is 11.5. The highest BCUT2D eigenvalue weighted by atomic mass is 35.5. The SMILES string of the molecule is CN(Cc1ccccc1)S(=O)(=O)c1ccc(NC(=O)c2cc(-c3ccc(Cl)cc3)on2)cc1. The number of nitrogens with one attached hydrogen (secondary N) is 1. The van der Waals surface area contributed by atoms with Crippen molar-refractivity contribution >= 4 is 33.2 Å². The number of carbonyl (C=O) groups is 1. The summed E-state index contributed by atoms with van der Waals surface area (Å²) in [5.74, 6) is -0.0459. The lowest BCUT2D eigenvalue weighted by Gasteiger charge is -2.17. The first-order valence-corrected chi connectivity index (χ1v) is 11.8. The predicted molar refractivity (Wildman–Crippen MR) is 126 cm³/mol. The van der Waals surface area contributed by atoms with E-state index in [-0.39, 0.29) is 17.1 Å². The molecule has 33 heavy (non-hydrogen) atoms. The summed E-state index contributed by atoms with van der Waals surface area (Å²) in [4.78, 5) is 12.7. The summed E-state index contributed by atoms with van der Waals surface area (Å²) in [5, 5.41) is 7.09. The van der Waals surface area contributed by atoms with Crippen LogP contribution in [0.4, 0.5) is 5.69 Å². The van der Waals surface area contributed by atoms with Crippen LogP contribution in [-0.2, 0) is 16.6 Å². The summed E-state index contributed by atoms with van der Waals surface area (Å²) in [7, 11) is -2.15. The number of halogens is 1. The minimum absolute atomic E-state index is 0.0965. The molecule has 0 fully saturated rings. The molecule has 0 atom stereocenters. The summed E-state index contributed by atoms with van der Waals surface area (Å²) in [5.41, 5.74) is 2.15. The molecule has 1 amide bonds. The van der Waals surface area contributed by atoms with E-state index in [4.69, 9.17) is 16.1 Å². The number of sulfonamides is 1. The number of carbonyl (C=O) groups excluding carboxylic acids is 1. The molecule has 0 bridgehead atoms. The largest absolute Gasteiger partial charge is 0.355 e. The number of benzene rings is 3. The zero-order valence-electron chi connectivity index (χ0n) is 17.6. The van der Waals surface area contributed by atoms with Gasteiger partial charge in [0.25, 0.3) is 5.91 Å². The van der Waals surface area contributed by atoms with E-state index in [2.05, 4.69) is 10.5 Å². The maximum atomic E-state index is 12.9. The van der Waals surface area contributed by atoms with Crippen molar-refractivity contribution in [1.82, 2.24) is 9.46 Å². The molecular weight excluding hydrogens is 462 g/mol. The zero-order valence-corrected chi connectivity index (χ0v) is 19.2. The van der Waals surface area contributed by atoms with E-state index in [9.17, 15) is 13.2 Å². The molecule has 0 radical (unpaired) electrons. The maximum absolute atomic E-state index is 12.9. The fourth-order valence-electron chi connectivity index (χ4n) is 3.14. The van der Waals surface area contributed by atoms with Gasteiger partial charge in [-0.3, -0.25) is 4.79 Å². The smallest absolute Gasteiger partial charge is 0.277 e. The monoisotopic (exact) mass is 481 g/mol. The van der Waals surface area contributed by atoms with Crippen molar-refractivity contribution in [2.45, 2.75) is 11.4 Å². The van der Waals surface area contributed by atoms with Crippen LogP contribution in [0.15, 0.2) is 94.3 Å². The van der Waals surface area contributed by atoms with Gasteiger partial charge in [-0.05, 0) is 54.1 Å². The average molecular weight is 482 g/mol. The number of nitrogens with zero attached hydrogens (tertiary/aromatic N) is 2. The van der Waals surface area contributed by atoms with Crippen LogP contribution in [0, 0.1) is 0 Å². The Balaban J connectivity index is 1.43. The van der Waals surface area contributed by atoms with E-state index in [0.717, 1.165) is 11.1 Å². The van der Waals surface area contributed by atoms with Crippen LogP contribution in [0.5, 0.6) is 0 Å². The molecule has 0 aliphatic carbocycles. The Kier molecular flexibility index (Phi) is 6.60. The van der Waals surface area contributed by atoms with Gasteiger partial charge in [0.15, 0.2) is 11.5 Å². The van der Waals surface area contributed by atoms with E-state index in [1.165, 1.54) is 41.7 Å². The number of aromatic nitrogens is 1. The van der Waals surface area contributed by atoms with Crippen LogP contribution < -0.4 is 5.32 Å². The van der Waals surface area contributed by atoms with Crippen LogP contribution in [-0.4, -0.2) is 30.8 Å². The van der Waals surface area contributed by atoms with Crippen LogP contribution in [0.25, 0.3) is 11.3 Å². The van der Waals surface area contributed by atoms with Crippen molar-refractivity contribution in [2.75, 3.05) is 12.4 Å². The Morgan fingerprint density at radius 2 is 1.67 bits per heavy atom. The average Bonchev–Trinajstić information content (AvgIpc) is 3.31. The Labute approximate surface area is 196 Å². The second-order valence-electron chi connectivity index (χ2n) is 7.31. The number of hydrogen-bond acceptors (Lipinski definition) is 5. The van der Waals surface area contributed by atoms with Crippen molar-refractivity contribution in [2.24, 2.45) is 0 Å². The highest BCUT2D eigenvalue weighted by Gasteiger charge is 2.21. The highest BCUT2D eigenvalue weighted by Crippen LogP contribution is 2.23. The molecule has 0 unspecified atom stereocenters. The molecule has 4 rings (SSSR count). The molecule has 1 heterocycles. The molecule has 0 saturated carbocycles. The lowest BCUT2D eigenvalue weighted by atomic mass is 10.1. The highest BCUT2D eigenvalue weighted by molar-refractivity contribution is 7.89. The quantitative estimate of drug-likeness (QED) is 0.398. The Morgan fingerprint density at radius 3 is 2.33 bits per heavy atom. The number of hydrogen-bond donors (Lipinski definition) is 1. The first kappa shape index (κ1) is 22.7. The summed E-state index contributed by atoms with van der Waals surface area (Å²) < 4.78 is 32.2. The van der Waals surface area contributed by atoms with Crippen molar-refractivity contribution in [3.63, 3.8) is 0 Å². The minimum atomic E-state index is -3.68. The van der Waals surface area contributed by atoms with E-state index < -0.39 is 15.9 Å². The number of amides is 1. The fraction of sp³-hybridized carbons (Fsp3) is 0.0833. The van der Waals surface area contributed by atoms with Gasteiger partial charge in [-0.2, -0.15) is 4.31 Å². The Morgan fingerprint density at radius 1 is 1.00 bits per heavy atom. The van der Waals surface area contributed by atoms with Gasteiger partial charge >= 0.3 is 0 Å². The van der Waals surface area contributed by atoms with E-state index in [1.807, 2.05) is 30.3 Å². The van der Waals surface area contributed by atoms with Gasteiger partial charge in [0.2, 0.25) is 10.0 Å². The van der Waals surface area contributed by atoms with Crippen molar-refractivity contribution in [3.05, 3.63) is 101 Å². The molecule has 7 nitrogen and oxygen atoms in total. The second-order valence-corrected chi connectivity index (χ2v) is 9.79. The van der Waals surface area contributed by atoms with Crippen LogP contribution in [0.3, 0.4) is 0 Å². The first-order valence-electron chi connectivity index (χ1n) is 9.97. The van der Waals surface area contributed by atoms with Crippen LogP contribution >= 0.6 is 11.6 Å². The van der Waals surface area contributed by atoms with Gasteiger partial charge < -0.3 is 9.84 Å². The third-order valence-corrected chi connectivity index (χ3v) is 7.01. The van der Waals surface area contributed by atoms with Gasteiger partial charge in [-0.1, -0.05) is 47.1 Å². The topological polar surface area (TPSA) is 92.5 Å². The second kappa shape index (κ2) is 9.58. The lowest BCUT2D eigenvalue weighted by Crippen LogP contribution is -2.26. The molecule has 0 aliphatic rings. The molecular formula is C24H20ClN3O4S. The third-order valence-electron chi connectivity index (χ3n) is 4.94. The Bertz CT molecular complexity index is 1350. The lowest BCUT2D eigenvalue weighted by molar-refractivity contribution is 0.101. The molecule has 0 saturated heterocycles. The van der Waals surface area contributed by atoms with Gasteiger partial charge in [-0.15, -0.1) is 0 Å². The maximum Gasteiger partial charge on any atom is 0.277 e. The molecule has 168 valence electrons. The number of rotatable bonds is 7. The van der Waals surface area contributed by atoms with Crippen LogP contribution in [0.2, 0.25) is 5.02 Å². The molecule has 1 N–H and O–H groups in total. The van der Waals surface area contributed by atoms with Gasteiger partial charge in [0.1, 0.15) is 0 Å². The van der Waals surface area contributed by atoms with Gasteiger partial charge in [-0.25, -0.2) is 8.42 Å². The predicted octanol–water partition coefficient (Wildman–Crippen LogP) is 5.07.